The minimum atomic E-state index is -0.594. The van der Waals surface area contributed by atoms with Gasteiger partial charge in [0.2, 0.25) is 5.91 Å². The van der Waals surface area contributed by atoms with Gasteiger partial charge in [-0.25, -0.2) is 4.39 Å². The van der Waals surface area contributed by atoms with Crippen LogP contribution in [0.3, 0.4) is 0 Å². The minimum absolute atomic E-state index is 0.00207. The molecule has 2 aliphatic heterocycles. The van der Waals surface area contributed by atoms with E-state index in [0.717, 1.165) is 43.7 Å². The van der Waals surface area contributed by atoms with Gasteiger partial charge in [-0.15, -0.1) is 0 Å². The lowest BCUT2D eigenvalue weighted by Crippen LogP contribution is -2.32. The standard InChI is InChI=1S/C30H25BrFN3O3/c1-18-29(37)35(13-12-19-2-3-21-15-28(36)33-27(21)14-19)30(38-18)26-17-34(24-10-6-22(31)7-11-24)16-25(26)20-4-8-23(32)9-5-20/h2-11,14,16-18,30H,12-13,15H2,1H3,(H,33,36)/t18-,30-/m1/s1. The molecule has 38 heavy (non-hydrogen) atoms. The summed E-state index contributed by atoms with van der Waals surface area (Å²) < 4.78 is 22.9. The molecule has 3 aromatic carbocycles. The molecule has 4 aromatic rings. The molecule has 2 atom stereocenters. The van der Waals surface area contributed by atoms with Gasteiger partial charge in [0.1, 0.15) is 11.9 Å². The highest BCUT2D eigenvalue weighted by atomic mass is 79.9. The van der Waals surface area contributed by atoms with Gasteiger partial charge in [-0.3, -0.25) is 9.59 Å². The number of carbonyl (C=O) groups is 2. The van der Waals surface area contributed by atoms with Crippen LogP contribution in [0.15, 0.2) is 83.6 Å². The van der Waals surface area contributed by atoms with Gasteiger partial charge in [-0.05, 0) is 72.5 Å². The lowest BCUT2D eigenvalue weighted by Gasteiger charge is -2.24. The molecule has 0 radical (unpaired) electrons. The number of hydrogen-bond donors (Lipinski definition) is 1. The molecule has 0 bridgehead atoms. The van der Waals surface area contributed by atoms with Gasteiger partial charge in [0, 0.05) is 45.9 Å². The zero-order valence-electron chi connectivity index (χ0n) is 20.7. The number of hydrogen-bond acceptors (Lipinski definition) is 3. The van der Waals surface area contributed by atoms with Crippen molar-refractivity contribution >= 4 is 33.4 Å². The summed E-state index contributed by atoms with van der Waals surface area (Å²) in [6.45, 7) is 2.22. The maximum atomic E-state index is 13.7. The number of nitrogens with zero attached hydrogens (tertiary/aromatic N) is 2. The van der Waals surface area contributed by atoms with E-state index in [-0.39, 0.29) is 17.6 Å². The van der Waals surface area contributed by atoms with E-state index in [1.165, 1.54) is 12.1 Å². The van der Waals surface area contributed by atoms with E-state index in [4.69, 9.17) is 4.74 Å². The first kappa shape index (κ1) is 24.6. The Balaban J connectivity index is 1.34. The predicted molar refractivity (Wildman–Crippen MR) is 146 cm³/mol. The third-order valence-corrected chi connectivity index (χ3v) is 7.62. The highest BCUT2D eigenvalue weighted by molar-refractivity contribution is 9.10. The Morgan fingerprint density at radius 2 is 1.79 bits per heavy atom. The summed E-state index contributed by atoms with van der Waals surface area (Å²) in [4.78, 5) is 26.7. The average Bonchev–Trinajstić information content (AvgIpc) is 3.58. The quantitative estimate of drug-likeness (QED) is 0.306. The molecule has 8 heteroatoms. The van der Waals surface area contributed by atoms with Crippen molar-refractivity contribution in [2.45, 2.75) is 32.1 Å². The lowest BCUT2D eigenvalue weighted by molar-refractivity contribution is -0.130. The van der Waals surface area contributed by atoms with Crippen LogP contribution in [0.1, 0.15) is 29.8 Å². The highest BCUT2D eigenvalue weighted by Gasteiger charge is 2.40. The molecule has 1 N–H and O–H groups in total. The molecular weight excluding hydrogens is 549 g/mol. The first-order chi connectivity index (χ1) is 18.4. The van der Waals surface area contributed by atoms with E-state index in [1.807, 2.05) is 59.4 Å². The van der Waals surface area contributed by atoms with Crippen LogP contribution in [0.25, 0.3) is 16.8 Å². The van der Waals surface area contributed by atoms with Crippen molar-refractivity contribution in [3.8, 4) is 16.8 Å². The second-order valence-corrected chi connectivity index (χ2v) is 10.6. The third kappa shape index (κ3) is 4.66. The Morgan fingerprint density at radius 3 is 2.55 bits per heavy atom. The van der Waals surface area contributed by atoms with Gasteiger partial charge >= 0.3 is 0 Å². The average molecular weight is 574 g/mol. The van der Waals surface area contributed by atoms with E-state index < -0.39 is 12.3 Å². The summed E-state index contributed by atoms with van der Waals surface area (Å²) in [7, 11) is 0. The molecule has 2 amide bonds. The van der Waals surface area contributed by atoms with E-state index in [0.29, 0.717) is 19.4 Å². The maximum absolute atomic E-state index is 13.7. The minimum Gasteiger partial charge on any atom is -0.341 e. The van der Waals surface area contributed by atoms with E-state index in [2.05, 4.69) is 21.2 Å². The van der Waals surface area contributed by atoms with Crippen LogP contribution >= 0.6 is 15.9 Å². The molecule has 3 heterocycles. The number of ether oxygens (including phenoxy) is 1. The molecule has 1 saturated heterocycles. The molecule has 0 unspecified atom stereocenters. The van der Waals surface area contributed by atoms with Crippen molar-refractivity contribution in [2.75, 3.05) is 11.9 Å². The van der Waals surface area contributed by atoms with Gasteiger partial charge in [-0.2, -0.15) is 0 Å². The van der Waals surface area contributed by atoms with E-state index in [9.17, 15) is 14.0 Å². The van der Waals surface area contributed by atoms with Crippen LogP contribution < -0.4 is 5.32 Å². The molecule has 1 fully saturated rings. The highest BCUT2D eigenvalue weighted by Crippen LogP contribution is 2.39. The smallest absolute Gasteiger partial charge is 0.253 e. The number of rotatable bonds is 6. The summed E-state index contributed by atoms with van der Waals surface area (Å²) in [5, 5.41) is 2.89. The molecule has 0 saturated carbocycles. The first-order valence-corrected chi connectivity index (χ1v) is 13.3. The summed E-state index contributed by atoms with van der Waals surface area (Å²) in [5.74, 6) is -0.389. The van der Waals surface area contributed by atoms with Gasteiger partial charge in [-0.1, -0.05) is 40.2 Å². The van der Waals surface area contributed by atoms with Gasteiger partial charge in [0.15, 0.2) is 6.23 Å². The Kier molecular flexibility index (Phi) is 6.37. The number of benzene rings is 3. The Bertz CT molecular complexity index is 1530. The van der Waals surface area contributed by atoms with Crippen molar-refractivity contribution in [3.63, 3.8) is 0 Å². The summed E-state index contributed by atoms with van der Waals surface area (Å²) in [6.07, 6.45) is 3.80. The molecule has 0 spiro atoms. The fourth-order valence-corrected chi connectivity index (χ4v) is 5.37. The molecule has 192 valence electrons. The maximum Gasteiger partial charge on any atom is 0.253 e. The fraction of sp³-hybridized carbons (Fsp3) is 0.200. The van der Waals surface area contributed by atoms with Crippen LogP contribution in [-0.2, 0) is 27.2 Å². The zero-order valence-corrected chi connectivity index (χ0v) is 22.2. The number of amides is 2. The topological polar surface area (TPSA) is 63.6 Å². The van der Waals surface area contributed by atoms with Crippen molar-refractivity contribution < 1.29 is 18.7 Å². The monoisotopic (exact) mass is 573 g/mol. The molecule has 6 rings (SSSR count). The molecular formula is C30H25BrFN3O3. The predicted octanol–water partition coefficient (Wildman–Crippen LogP) is 6.03. The largest absolute Gasteiger partial charge is 0.341 e. The Labute approximate surface area is 228 Å². The number of nitrogens with one attached hydrogen (secondary N) is 1. The zero-order chi connectivity index (χ0) is 26.4. The normalized spacial score (nSPS) is 18.7. The Morgan fingerprint density at radius 1 is 1.03 bits per heavy atom. The second-order valence-electron chi connectivity index (χ2n) is 9.65. The summed E-state index contributed by atoms with van der Waals surface area (Å²) in [6, 6.07) is 20.2. The van der Waals surface area contributed by atoms with Crippen LogP contribution in [0.2, 0.25) is 0 Å². The lowest BCUT2D eigenvalue weighted by atomic mass is 10.0. The van der Waals surface area contributed by atoms with Crippen LogP contribution in [0.4, 0.5) is 10.1 Å². The SMILES string of the molecule is C[C@H]1O[C@H](c2cn(-c3ccc(Br)cc3)cc2-c2ccc(F)cc2)N(CCc2ccc3c(c2)NC(=O)C3)C1=O. The fourth-order valence-electron chi connectivity index (χ4n) is 5.11. The van der Waals surface area contributed by atoms with Gasteiger partial charge < -0.3 is 19.5 Å². The number of fused-ring (bicyclic) bond motifs is 1. The van der Waals surface area contributed by atoms with Gasteiger partial charge in [0.05, 0.1) is 6.42 Å². The Hall–Kier alpha value is -3.75. The molecule has 6 nitrogen and oxygen atoms in total. The summed E-state index contributed by atoms with van der Waals surface area (Å²) >= 11 is 3.48. The summed E-state index contributed by atoms with van der Waals surface area (Å²) in [5.41, 5.74) is 6.34. The number of carbonyl (C=O) groups excluding carboxylic acids is 2. The molecule has 2 aliphatic rings. The second kappa shape index (κ2) is 9.85. The van der Waals surface area contributed by atoms with Crippen LogP contribution in [0, 0.1) is 5.82 Å². The third-order valence-electron chi connectivity index (χ3n) is 7.09. The number of halogens is 2. The number of anilines is 1. The van der Waals surface area contributed by atoms with Crippen LogP contribution in [0.5, 0.6) is 0 Å². The van der Waals surface area contributed by atoms with E-state index >= 15 is 0 Å². The van der Waals surface area contributed by atoms with Crippen molar-refractivity contribution in [1.29, 1.82) is 0 Å². The van der Waals surface area contributed by atoms with Crippen molar-refractivity contribution in [3.05, 3.63) is 106 Å². The van der Waals surface area contributed by atoms with Crippen molar-refractivity contribution in [1.82, 2.24) is 9.47 Å². The number of aromatic nitrogens is 1. The first-order valence-electron chi connectivity index (χ1n) is 12.5. The molecule has 0 aliphatic carbocycles. The van der Waals surface area contributed by atoms with Gasteiger partial charge in [0.25, 0.3) is 5.91 Å². The van der Waals surface area contributed by atoms with Crippen molar-refractivity contribution in [2.24, 2.45) is 0 Å². The molecule has 1 aromatic heterocycles. The van der Waals surface area contributed by atoms with Crippen LogP contribution in [-0.4, -0.2) is 33.9 Å². The van der Waals surface area contributed by atoms with E-state index in [1.54, 1.807) is 24.0 Å².